The zero-order chi connectivity index (χ0) is 11.4. The minimum absolute atomic E-state index is 0.808. The molecule has 0 bridgehead atoms. The molecule has 1 aromatic rings. The standard InChI is InChI=1S/C13H19ClN2/c1-10-8-12(14)2-3-13(10)16-7-5-11-4-6-15-9-11/h2-3,8,11,15-16H,4-7,9H2,1H3. The Bertz CT molecular complexity index is 346. The molecule has 2 N–H and O–H groups in total. The van der Waals surface area contributed by atoms with Crippen LogP contribution in [-0.2, 0) is 0 Å². The zero-order valence-electron chi connectivity index (χ0n) is 9.72. The lowest BCUT2D eigenvalue weighted by molar-refractivity contribution is 0.549. The number of hydrogen-bond donors (Lipinski definition) is 2. The van der Waals surface area contributed by atoms with E-state index in [0.717, 1.165) is 17.5 Å². The molecule has 0 radical (unpaired) electrons. The SMILES string of the molecule is Cc1cc(Cl)ccc1NCCC1CCNC1. The van der Waals surface area contributed by atoms with Crippen LogP contribution in [0.4, 0.5) is 5.69 Å². The van der Waals surface area contributed by atoms with Crippen LogP contribution >= 0.6 is 11.6 Å². The lowest BCUT2D eigenvalue weighted by Gasteiger charge is -2.12. The zero-order valence-corrected chi connectivity index (χ0v) is 10.5. The maximum Gasteiger partial charge on any atom is 0.0410 e. The lowest BCUT2D eigenvalue weighted by Crippen LogP contribution is -2.13. The van der Waals surface area contributed by atoms with E-state index in [1.54, 1.807) is 0 Å². The van der Waals surface area contributed by atoms with E-state index in [4.69, 9.17) is 11.6 Å². The smallest absolute Gasteiger partial charge is 0.0410 e. The summed E-state index contributed by atoms with van der Waals surface area (Å²) in [4.78, 5) is 0. The van der Waals surface area contributed by atoms with E-state index in [1.165, 1.54) is 37.2 Å². The van der Waals surface area contributed by atoms with Crippen LogP contribution < -0.4 is 10.6 Å². The third kappa shape index (κ3) is 3.13. The van der Waals surface area contributed by atoms with Crippen LogP contribution in [0.25, 0.3) is 0 Å². The van der Waals surface area contributed by atoms with E-state index in [2.05, 4.69) is 23.6 Å². The van der Waals surface area contributed by atoms with E-state index in [-0.39, 0.29) is 0 Å². The van der Waals surface area contributed by atoms with Crippen molar-refractivity contribution < 1.29 is 0 Å². The molecule has 1 aliphatic heterocycles. The van der Waals surface area contributed by atoms with Gasteiger partial charge in [0.2, 0.25) is 0 Å². The third-order valence-corrected chi connectivity index (χ3v) is 3.45. The molecular weight excluding hydrogens is 220 g/mol. The van der Waals surface area contributed by atoms with E-state index >= 15 is 0 Å². The fourth-order valence-electron chi connectivity index (χ4n) is 2.20. The van der Waals surface area contributed by atoms with Crippen molar-refractivity contribution in [2.45, 2.75) is 19.8 Å². The van der Waals surface area contributed by atoms with Crippen LogP contribution in [0.1, 0.15) is 18.4 Å². The summed E-state index contributed by atoms with van der Waals surface area (Å²) >= 11 is 5.92. The molecule has 0 aliphatic carbocycles. The van der Waals surface area contributed by atoms with Crippen LogP contribution in [0.5, 0.6) is 0 Å². The maximum absolute atomic E-state index is 5.92. The van der Waals surface area contributed by atoms with Gasteiger partial charge in [0.25, 0.3) is 0 Å². The largest absolute Gasteiger partial charge is 0.385 e. The molecule has 0 spiro atoms. The summed E-state index contributed by atoms with van der Waals surface area (Å²) in [6.07, 6.45) is 2.57. The molecule has 88 valence electrons. The predicted octanol–water partition coefficient (Wildman–Crippen LogP) is 3.06. The van der Waals surface area contributed by atoms with Gasteiger partial charge in [-0.05, 0) is 62.5 Å². The van der Waals surface area contributed by atoms with Gasteiger partial charge in [0, 0.05) is 17.3 Å². The molecule has 1 aliphatic rings. The second-order valence-electron chi connectivity index (χ2n) is 4.53. The first-order valence-electron chi connectivity index (χ1n) is 5.96. The van der Waals surface area contributed by atoms with Gasteiger partial charge in [0.15, 0.2) is 0 Å². The molecule has 16 heavy (non-hydrogen) atoms. The number of hydrogen-bond acceptors (Lipinski definition) is 2. The van der Waals surface area contributed by atoms with Crippen molar-refractivity contribution in [3.05, 3.63) is 28.8 Å². The predicted molar refractivity (Wildman–Crippen MR) is 70.3 cm³/mol. The van der Waals surface area contributed by atoms with Crippen LogP contribution in [0, 0.1) is 12.8 Å². The summed E-state index contributed by atoms with van der Waals surface area (Å²) < 4.78 is 0. The molecule has 0 aromatic heterocycles. The van der Waals surface area contributed by atoms with E-state index in [1.807, 2.05) is 12.1 Å². The Balaban J connectivity index is 1.80. The van der Waals surface area contributed by atoms with Crippen molar-refractivity contribution in [2.24, 2.45) is 5.92 Å². The van der Waals surface area contributed by atoms with Crippen molar-refractivity contribution in [2.75, 3.05) is 25.0 Å². The summed E-state index contributed by atoms with van der Waals surface area (Å²) in [7, 11) is 0. The summed E-state index contributed by atoms with van der Waals surface area (Å²) in [5.74, 6) is 0.847. The maximum atomic E-state index is 5.92. The fourth-order valence-corrected chi connectivity index (χ4v) is 2.42. The van der Waals surface area contributed by atoms with Crippen molar-refractivity contribution in [1.82, 2.24) is 5.32 Å². The summed E-state index contributed by atoms with van der Waals surface area (Å²) in [5.41, 5.74) is 2.42. The number of halogens is 1. The van der Waals surface area contributed by atoms with Gasteiger partial charge < -0.3 is 10.6 Å². The Morgan fingerprint density at radius 1 is 1.50 bits per heavy atom. The average molecular weight is 239 g/mol. The van der Waals surface area contributed by atoms with Gasteiger partial charge >= 0.3 is 0 Å². The quantitative estimate of drug-likeness (QED) is 0.843. The molecule has 1 atom stereocenters. The molecule has 0 amide bonds. The Hall–Kier alpha value is -0.730. The molecule has 1 saturated heterocycles. The third-order valence-electron chi connectivity index (χ3n) is 3.22. The second-order valence-corrected chi connectivity index (χ2v) is 4.97. The molecule has 2 nitrogen and oxygen atoms in total. The van der Waals surface area contributed by atoms with Gasteiger partial charge in [0.1, 0.15) is 0 Å². The van der Waals surface area contributed by atoms with Crippen LogP contribution in [0.2, 0.25) is 5.02 Å². The first-order valence-corrected chi connectivity index (χ1v) is 6.34. The molecule has 0 saturated carbocycles. The highest BCUT2D eigenvalue weighted by molar-refractivity contribution is 6.30. The molecule has 1 aromatic carbocycles. The Kier molecular flexibility index (Phi) is 4.08. The van der Waals surface area contributed by atoms with Crippen LogP contribution in [0.3, 0.4) is 0 Å². The monoisotopic (exact) mass is 238 g/mol. The van der Waals surface area contributed by atoms with Crippen molar-refractivity contribution in [3.63, 3.8) is 0 Å². The summed E-state index contributed by atoms with van der Waals surface area (Å²) in [6.45, 7) is 5.51. The Labute approximate surface area is 102 Å². The van der Waals surface area contributed by atoms with Crippen molar-refractivity contribution >= 4 is 17.3 Å². The Morgan fingerprint density at radius 3 is 3.06 bits per heavy atom. The highest BCUT2D eigenvalue weighted by Crippen LogP contribution is 2.20. The minimum atomic E-state index is 0.808. The highest BCUT2D eigenvalue weighted by Gasteiger charge is 2.13. The number of nitrogens with one attached hydrogen (secondary N) is 2. The highest BCUT2D eigenvalue weighted by atomic mass is 35.5. The van der Waals surface area contributed by atoms with E-state index in [9.17, 15) is 0 Å². The Morgan fingerprint density at radius 2 is 2.38 bits per heavy atom. The molecule has 3 heteroatoms. The first kappa shape index (κ1) is 11.7. The van der Waals surface area contributed by atoms with Gasteiger partial charge in [0.05, 0.1) is 0 Å². The lowest BCUT2D eigenvalue weighted by atomic mass is 10.1. The van der Waals surface area contributed by atoms with Gasteiger partial charge in [-0.1, -0.05) is 11.6 Å². The molecule has 1 heterocycles. The van der Waals surface area contributed by atoms with Gasteiger partial charge in [-0.15, -0.1) is 0 Å². The summed E-state index contributed by atoms with van der Waals surface area (Å²) in [5, 5.41) is 7.68. The van der Waals surface area contributed by atoms with Crippen LogP contribution in [0.15, 0.2) is 18.2 Å². The van der Waals surface area contributed by atoms with Gasteiger partial charge in [-0.25, -0.2) is 0 Å². The molecular formula is C13H19ClN2. The molecule has 1 unspecified atom stereocenters. The number of aryl methyl sites for hydroxylation is 1. The number of benzene rings is 1. The normalized spacial score (nSPS) is 20.0. The van der Waals surface area contributed by atoms with Gasteiger partial charge in [-0.3, -0.25) is 0 Å². The number of rotatable bonds is 4. The van der Waals surface area contributed by atoms with Gasteiger partial charge in [-0.2, -0.15) is 0 Å². The average Bonchev–Trinajstić information content (AvgIpc) is 2.74. The van der Waals surface area contributed by atoms with E-state index < -0.39 is 0 Å². The van der Waals surface area contributed by atoms with Crippen molar-refractivity contribution in [3.8, 4) is 0 Å². The molecule has 1 fully saturated rings. The topological polar surface area (TPSA) is 24.1 Å². The summed E-state index contributed by atoms with van der Waals surface area (Å²) in [6, 6.07) is 6.00. The molecule has 2 rings (SSSR count). The fraction of sp³-hybridized carbons (Fsp3) is 0.538. The van der Waals surface area contributed by atoms with Crippen LogP contribution in [-0.4, -0.2) is 19.6 Å². The van der Waals surface area contributed by atoms with Crippen molar-refractivity contribution in [1.29, 1.82) is 0 Å². The first-order chi connectivity index (χ1) is 7.75. The minimum Gasteiger partial charge on any atom is -0.385 e. The number of anilines is 1. The second kappa shape index (κ2) is 5.55. The van der Waals surface area contributed by atoms with E-state index in [0.29, 0.717) is 0 Å².